The van der Waals surface area contributed by atoms with Gasteiger partial charge in [0.1, 0.15) is 17.1 Å². The van der Waals surface area contributed by atoms with Gasteiger partial charge < -0.3 is 14.2 Å². The van der Waals surface area contributed by atoms with E-state index in [1.165, 1.54) is 18.7 Å². The number of methoxy groups -OCH3 is 2. The van der Waals surface area contributed by atoms with E-state index < -0.39 is 22.5 Å². The second-order valence-corrected chi connectivity index (χ2v) is 10.3. The van der Waals surface area contributed by atoms with Crippen LogP contribution in [0.2, 0.25) is 5.02 Å². The maximum absolute atomic E-state index is 13.3. The van der Waals surface area contributed by atoms with Gasteiger partial charge >= 0.3 is 11.7 Å². The first kappa shape index (κ1) is 24.7. The predicted molar refractivity (Wildman–Crippen MR) is 127 cm³/mol. The highest BCUT2D eigenvalue weighted by molar-refractivity contribution is 8.01. The summed E-state index contributed by atoms with van der Waals surface area (Å²) in [4.78, 5) is 38.0. The van der Waals surface area contributed by atoms with Crippen molar-refractivity contribution < 1.29 is 23.8 Å². The lowest BCUT2D eigenvalue weighted by Gasteiger charge is -2.42. The third-order valence-corrected chi connectivity index (χ3v) is 8.38. The number of benzene rings is 1. The number of aromatic nitrogens is 3. The summed E-state index contributed by atoms with van der Waals surface area (Å²) in [5.74, 6) is 0.469. The van der Waals surface area contributed by atoms with Gasteiger partial charge in [-0.25, -0.2) is 9.89 Å². The SMILES string of the molecule is COc1cc(OC)c(CCC2(C3CCCC3)CC(=O)C(Sc3n[nH]c(=O)n3C)C(=O)O2)cc1Cl. The smallest absolute Gasteiger partial charge is 0.343 e. The van der Waals surface area contributed by atoms with Crippen LogP contribution in [0.3, 0.4) is 0 Å². The van der Waals surface area contributed by atoms with E-state index in [0.717, 1.165) is 43.0 Å². The molecule has 0 bridgehead atoms. The molecule has 1 saturated heterocycles. The zero-order valence-corrected chi connectivity index (χ0v) is 21.0. The topological polar surface area (TPSA) is 113 Å². The average molecular weight is 510 g/mol. The molecular weight excluding hydrogens is 482 g/mol. The molecule has 1 saturated carbocycles. The molecule has 1 aliphatic heterocycles. The first-order valence-electron chi connectivity index (χ1n) is 11.2. The fourth-order valence-corrected chi connectivity index (χ4v) is 6.13. The number of halogens is 1. The van der Waals surface area contributed by atoms with Crippen molar-refractivity contribution in [2.24, 2.45) is 13.0 Å². The Balaban J connectivity index is 1.57. The van der Waals surface area contributed by atoms with Crippen molar-refractivity contribution in [3.8, 4) is 11.5 Å². The van der Waals surface area contributed by atoms with Gasteiger partial charge in [-0.1, -0.05) is 36.2 Å². The van der Waals surface area contributed by atoms with E-state index in [0.29, 0.717) is 29.4 Å². The highest BCUT2D eigenvalue weighted by Crippen LogP contribution is 2.46. The van der Waals surface area contributed by atoms with Gasteiger partial charge in [-0.3, -0.25) is 14.2 Å². The monoisotopic (exact) mass is 509 g/mol. The van der Waals surface area contributed by atoms with Crippen LogP contribution < -0.4 is 15.2 Å². The minimum atomic E-state index is -1.05. The lowest BCUT2D eigenvalue weighted by atomic mass is 9.76. The van der Waals surface area contributed by atoms with E-state index >= 15 is 0 Å². The van der Waals surface area contributed by atoms with Crippen LogP contribution in [-0.4, -0.2) is 51.6 Å². The number of esters is 1. The third-order valence-electron chi connectivity index (χ3n) is 6.82. The van der Waals surface area contributed by atoms with Crippen LogP contribution in [0, 0.1) is 5.92 Å². The van der Waals surface area contributed by atoms with E-state index in [-0.39, 0.29) is 23.3 Å². The first-order valence-corrected chi connectivity index (χ1v) is 12.5. The molecular formula is C23H28ClN3O6S. The largest absolute Gasteiger partial charge is 0.496 e. The average Bonchev–Trinajstić information content (AvgIpc) is 3.47. The lowest BCUT2D eigenvalue weighted by Crippen LogP contribution is -2.53. The molecule has 1 aliphatic carbocycles. The molecule has 34 heavy (non-hydrogen) atoms. The number of H-pyrrole nitrogens is 1. The van der Waals surface area contributed by atoms with Gasteiger partial charge in [0.05, 0.1) is 19.2 Å². The molecule has 9 nitrogen and oxygen atoms in total. The summed E-state index contributed by atoms with van der Waals surface area (Å²) in [6.45, 7) is 0. The molecule has 1 aromatic carbocycles. The van der Waals surface area contributed by atoms with Crippen LogP contribution in [0.1, 0.15) is 44.1 Å². The van der Waals surface area contributed by atoms with Crippen LogP contribution in [0.15, 0.2) is 22.1 Å². The number of ketones is 1. The van der Waals surface area contributed by atoms with Gasteiger partial charge in [-0.15, -0.1) is 5.10 Å². The highest BCUT2D eigenvalue weighted by atomic mass is 35.5. The van der Waals surface area contributed by atoms with Gasteiger partial charge in [0.2, 0.25) is 0 Å². The normalized spacial score (nSPS) is 23.2. The summed E-state index contributed by atoms with van der Waals surface area (Å²) in [5.41, 5.74) is -0.430. The lowest BCUT2D eigenvalue weighted by molar-refractivity contribution is -0.177. The van der Waals surface area contributed by atoms with Crippen LogP contribution in [-0.2, 0) is 27.8 Å². The standard InChI is InChI=1S/C23H28ClN3O6S/c1-27-21(30)25-26-22(27)34-19-16(28)12-23(33-20(19)29,14-6-4-5-7-14)9-8-13-10-15(24)18(32-3)11-17(13)31-2/h10-11,14,19H,4-9,12H2,1-3H3,(H,25,30). The Morgan fingerprint density at radius 2 is 1.91 bits per heavy atom. The third kappa shape index (κ3) is 4.70. The van der Waals surface area contributed by atoms with Gasteiger partial charge in [0.15, 0.2) is 16.2 Å². The van der Waals surface area contributed by atoms with Crippen molar-refractivity contribution in [2.45, 2.75) is 61.0 Å². The zero-order valence-electron chi connectivity index (χ0n) is 19.4. The summed E-state index contributed by atoms with van der Waals surface area (Å²) in [5, 5.41) is 5.91. The number of nitrogens with one attached hydrogen (secondary N) is 1. The van der Waals surface area contributed by atoms with Crippen molar-refractivity contribution in [3.63, 3.8) is 0 Å². The molecule has 0 radical (unpaired) electrons. The summed E-state index contributed by atoms with van der Waals surface area (Å²) < 4.78 is 18.2. The molecule has 1 N–H and O–H groups in total. The number of Topliss-reactive ketones (excluding diaryl/α,β-unsaturated/α-hetero) is 1. The molecule has 184 valence electrons. The van der Waals surface area contributed by atoms with Crippen LogP contribution in [0.4, 0.5) is 0 Å². The van der Waals surface area contributed by atoms with Gasteiger partial charge in [-0.2, -0.15) is 0 Å². The molecule has 0 amide bonds. The highest BCUT2D eigenvalue weighted by Gasteiger charge is 2.52. The minimum absolute atomic E-state index is 0.112. The van der Waals surface area contributed by atoms with Gasteiger partial charge in [0, 0.05) is 19.5 Å². The summed E-state index contributed by atoms with van der Waals surface area (Å²) in [6, 6.07) is 3.53. The van der Waals surface area contributed by atoms with E-state index in [1.807, 2.05) is 0 Å². The number of ether oxygens (including phenoxy) is 3. The van der Waals surface area contributed by atoms with E-state index in [2.05, 4.69) is 10.2 Å². The second kappa shape index (κ2) is 10.0. The number of thioether (sulfide) groups is 1. The van der Waals surface area contributed by atoms with Crippen molar-refractivity contribution in [3.05, 3.63) is 33.2 Å². The molecule has 4 rings (SSSR count). The van der Waals surface area contributed by atoms with Crippen molar-refractivity contribution >= 4 is 35.1 Å². The molecule has 11 heteroatoms. The van der Waals surface area contributed by atoms with Crippen LogP contribution >= 0.6 is 23.4 Å². The molecule has 2 atom stereocenters. The Labute approximate surface area is 206 Å². The Hall–Kier alpha value is -2.46. The molecule has 2 unspecified atom stereocenters. The number of aryl methyl sites for hydroxylation is 1. The molecule has 1 aromatic heterocycles. The Kier molecular flexibility index (Phi) is 7.28. The number of rotatable bonds is 8. The Morgan fingerprint density at radius 3 is 2.50 bits per heavy atom. The molecule has 2 aliphatic rings. The summed E-state index contributed by atoms with van der Waals surface area (Å²) in [6.07, 6.45) is 5.04. The first-order chi connectivity index (χ1) is 16.3. The number of nitrogens with zero attached hydrogens (tertiary/aromatic N) is 2. The number of hydrogen-bond donors (Lipinski definition) is 1. The molecule has 2 fully saturated rings. The maximum atomic E-state index is 13.3. The fraction of sp³-hybridized carbons (Fsp3) is 0.565. The molecule has 2 aromatic rings. The van der Waals surface area contributed by atoms with Gasteiger partial charge in [0.25, 0.3) is 0 Å². The van der Waals surface area contributed by atoms with Crippen LogP contribution in [0.5, 0.6) is 11.5 Å². The number of carbonyl (C=O) groups excluding carboxylic acids is 2. The van der Waals surface area contributed by atoms with Crippen molar-refractivity contribution in [1.82, 2.24) is 14.8 Å². The number of hydrogen-bond acceptors (Lipinski definition) is 8. The van der Waals surface area contributed by atoms with E-state index in [9.17, 15) is 14.4 Å². The summed E-state index contributed by atoms with van der Waals surface area (Å²) >= 11 is 7.29. The van der Waals surface area contributed by atoms with Crippen LogP contribution in [0.25, 0.3) is 0 Å². The Bertz CT molecular complexity index is 1120. The zero-order chi connectivity index (χ0) is 24.5. The molecule has 2 heterocycles. The minimum Gasteiger partial charge on any atom is -0.496 e. The Morgan fingerprint density at radius 1 is 1.21 bits per heavy atom. The fourth-order valence-electron chi connectivity index (χ4n) is 4.95. The second-order valence-electron chi connectivity index (χ2n) is 8.78. The van der Waals surface area contributed by atoms with E-state index in [1.54, 1.807) is 19.2 Å². The maximum Gasteiger partial charge on any atom is 0.343 e. The van der Waals surface area contributed by atoms with Crippen molar-refractivity contribution in [1.29, 1.82) is 0 Å². The quantitative estimate of drug-likeness (QED) is 0.426. The number of aromatic amines is 1. The predicted octanol–water partition coefficient (Wildman–Crippen LogP) is 3.32. The summed E-state index contributed by atoms with van der Waals surface area (Å²) in [7, 11) is 4.65. The van der Waals surface area contributed by atoms with Gasteiger partial charge in [-0.05, 0) is 43.2 Å². The number of carbonyl (C=O) groups is 2. The van der Waals surface area contributed by atoms with E-state index in [4.69, 9.17) is 25.8 Å². The molecule has 0 spiro atoms. The van der Waals surface area contributed by atoms with Crippen molar-refractivity contribution in [2.75, 3.05) is 14.2 Å². The number of cyclic esters (lactones) is 1.